The van der Waals surface area contributed by atoms with Crippen molar-refractivity contribution in [3.63, 3.8) is 0 Å². The molecule has 1 aromatic rings. The highest BCUT2D eigenvalue weighted by Gasteiger charge is 2.18. The quantitative estimate of drug-likeness (QED) is 0.755. The lowest BCUT2D eigenvalue weighted by atomic mass is 10.0. The van der Waals surface area contributed by atoms with Gasteiger partial charge in [-0.05, 0) is 52.2 Å². The molecule has 2 unspecified atom stereocenters. The topological polar surface area (TPSA) is 32.7 Å². The molecule has 0 heterocycles. The Morgan fingerprint density at radius 3 is 2.41 bits per heavy atom. The van der Waals surface area contributed by atoms with Gasteiger partial charge in [0.1, 0.15) is 0 Å². The molecule has 1 N–H and O–H groups in total. The Kier molecular flexibility index (Phi) is 8.08. The van der Waals surface area contributed by atoms with Gasteiger partial charge in [-0.1, -0.05) is 30.7 Å². The summed E-state index contributed by atoms with van der Waals surface area (Å²) in [5.74, 6) is 0. The Bertz CT molecular complexity index is 445. The molecule has 3 nitrogen and oxygen atoms in total. The highest BCUT2D eigenvalue weighted by molar-refractivity contribution is 5.30. The number of benzene rings is 1. The molecular weight excluding hydrogens is 274 g/mol. The molecule has 0 aromatic heterocycles. The molecule has 1 rings (SSSR count). The molecule has 0 aliphatic heterocycles. The molecular formula is C19H33NO2. The molecule has 0 aliphatic carbocycles. The van der Waals surface area contributed by atoms with E-state index in [-0.39, 0.29) is 6.10 Å². The van der Waals surface area contributed by atoms with Crippen molar-refractivity contribution in [1.82, 2.24) is 4.90 Å². The third kappa shape index (κ3) is 6.47. The minimum Gasteiger partial charge on any atom is -0.389 e. The van der Waals surface area contributed by atoms with E-state index < -0.39 is 6.10 Å². The maximum atomic E-state index is 10.2. The van der Waals surface area contributed by atoms with E-state index in [1.807, 2.05) is 13.8 Å². The first-order valence-corrected chi connectivity index (χ1v) is 8.43. The summed E-state index contributed by atoms with van der Waals surface area (Å²) < 4.78 is 5.53. The molecule has 126 valence electrons. The van der Waals surface area contributed by atoms with Crippen molar-refractivity contribution in [2.75, 3.05) is 13.2 Å². The van der Waals surface area contributed by atoms with Gasteiger partial charge in [0.2, 0.25) is 0 Å². The first-order chi connectivity index (χ1) is 10.3. The van der Waals surface area contributed by atoms with E-state index in [0.717, 1.165) is 13.0 Å². The highest BCUT2D eigenvalue weighted by atomic mass is 16.5. The van der Waals surface area contributed by atoms with Gasteiger partial charge in [0, 0.05) is 19.1 Å². The number of hydrogen-bond donors (Lipinski definition) is 1. The zero-order valence-corrected chi connectivity index (χ0v) is 15.1. The maximum absolute atomic E-state index is 10.2. The summed E-state index contributed by atoms with van der Waals surface area (Å²) in [5, 5.41) is 10.2. The molecule has 0 bridgehead atoms. The Labute approximate surface area is 136 Å². The van der Waals surface area contributed by atoms with Gasteiger partial charge in [0.25, 0.3) is 0 Å². The molecule has 0 radical (unpaired) electrons. The molecule has 0 saturated carbocycles. The fraction of sp³-hybridized carbons (Fsp3) is 0.684. The molecule has 22 heavy (non-hydrogen) atoms. The predicted octanol–water partition coefficient (Wildman–Crippen LogP) is 3.69. The molecule has 2 atom stereocenters. The van der Waals surface area contributed by atoms with Gasteiger partial charge in [0.05, 0.1) is 18.8 Å². The number of rotatable bonds is 9. The second-order valence-corrected chi connectivity index (χ2v) is 6.65. The van der Waals surface area contributed by atoms with Gasteiger partial charge in [-0.3, -0.25) is 4.90 Å². The third-order valence-electron chi connectivity index (χ3n) is 4.15. The molecule has 1 aromatic carbocycles. The van der Waals surface area contributed by atoms with Crippen LogP contribution >= 0.6 is 0 Å². The van der Waals surface area contributed by atoms with E-state index in [2.05, 4.69) is 50.8 Å². The van der Waals surface area contributed by atoms with Crippen molar-refractivity contribution in [3.05, 3.63) is 34.9 Å². The molecule has 3 heteroatoms. The van der Waals surface area contributed by atoms with Crippen LogP contribution in [0.3, 0.4) is 0 Å². The number of ether oxygens (including phenoxy) is 1. The minimum atomic E-state index is -0.442. The van der Waals surface area contributed by atoms with Crippen LogP contribution in [0.5, 0.6) is 0 Å². The third-order valence-corrected chi connectivity index (χ3v) is 4.15. The number of aliphatic hydroxyl groups is 1. The number of aliphatic hydroxyl groups excluding tert-OH is 1. The molecule has 0 spiro atoms. The first-order valence-electron chi connectivity index (χ1n) is 8.43. The Balaban J connectivity index is 2.72. The van der Waals surface area contributed by atoms with Crippen molar-refractivity contribution in [1.29, 1.82) is 0 Å². The molecule has 0 saturated heterocycles. The lowest BCUT2D eigenvalue weighted by Crippen LogP contribution is -2.40. The fourth-order valence-corrected chi connectivity index (χ4v) is 2.53. The van der Waals surface area contributed by atoms with Crippen LogP contribution in [0.4, 0.5) is 0 Å². The van der Waals surface area contributed by atoms with Gasteiger partial charge < -0.3 is 9.84 Å². The Morgan fingerprint density at radius 1 is 1.18 bits per heavy atom. The minimum absolute atomic E-state index is 0.158. The summed E-state index contributed by atoms with van der Waals surface area (Å²) in [7, 11) is 0. The average molecular weight is 307 g/mol. The van der Waals surface area contributed by atoms with Gasteiger partial charge in [-0.15, -0.1) is 0 Å². The van der Waals surface area contributed by atoms with E-state index >= 15 is 0 Å². The normalized spacial score (nSPS) is 14.6. The Hall–Kier alpha value is -0.900. The zero-order valence-electron chi connectivity index (χ0n) is 15.1. The van der Waals surface area contributed by atoms with Crippen LogP contribution in [-0.4, -0.2) is 41.4 Å². The van der Waals surface area contributed by atoms with Crippen molar-refractivity contribution in [3.8, 4) is 0 Å². The summed E-state index contributed by atoms with van der Waals surface area (Å²) in [6.07, 6.45) is 0.788. The SMILES string of the molecule is CCC(C)N(Cc1ccc(C)cc1C)CC(O)COC(C)C. The molecule has 0 aliphatic rings. The largest absolute Gasteiger partial charge is 0.389 e. The summed E-state index contributed by atoms with van der Waals surface area (Å²) in [4.78, 5) is 2.35. The smallest absolute Gasteiger partial charge is 0.0900 e. The number of nitrogens with zero attached hydrogens (tertiary/aromatic N) is 1. The fourth-order valence-electron chi connectivity index (χ4n) is 2.53. The lowest BCUT2D eigenvalue weighted by molar-refractivity contribution is -0.0149. The standard InChI is InChI=1S/C19H33NO2/c1-7-17(6)20(12-19(21)13-22-14(2)3)11-18-9-8-15(4)10-16(18)5/h8-10,14,17,19,21H,7,11-13H2,1-6H3. The summed E-state index contributed by atoms with van der Waals surface area (Å²) in [5.41, 5.74) is 3.95. The van der Waals surface area contributed by atoms with Gasteiger partial charge in [-0.2, -0.15) is 0 Å². The molecule has 0 amide bonds. The van der Waals surface area contributed by atoms with E-state index in [1.165, 1.54) is 16.7 Å². The van der Waals surface area contributed by atoms with E-state index in [4.69, 9.17) is 4.74 Å². The number of aryl methyl sites for hydroxylation is 2. The van der Waals surface area contributed by atoms with E-state index in [9.17, 15) is 5.11 Å². The maximum Gasteiger partial charge on any atom is 0.0900 e. The van der Waals surface area contributed by atoms with Crippen molar-refractivity contribution in [2.24, 2.45) is 0 Å². The summed E-state index contributed by atoms with van der Waals surface area (Å²) >= 11 is 0. The van der Waals surface area contributed by atoms with Crippen molar-refractivity contribution < 1.29 is 9.84 Å². The van der Waals surface area contributed by atoms with Crippen LogP contribution in [0.25, 0.3) is 0 Å². The van der Waals surface area contributed by atoms with Crippen LogP contribution < -0.4 is 0 Å². The van der Waals surface area contributed by atoms with E-state index in [0.29, 0.717) is 19.2 Å². The number of hydrogen-bond acceptors (Lipinski definition) is 3. The predicted molar refractivity (Wildman–Crippen MR) is 93.2 cm³/mol. The van der Waals surface area contributed by atoms with Gasteiger partial charge >= 0.3 is 0 Å². The van der Waals surface area contributed by atoms with Crippen molar-refractivity contribution in [2.45, 2.75) is 72.8 Å². The molecule has 0 fully saturated rings. The van der Waals surface area contributed by atoms with Gasteiger partial charge in [0.15, 0.2) is 0 Å². The summed E-state index contributed by atoms with van der Waals surface area (Å²) in [6, 6.07) is 7.03. The average Bonchev–Trinajstić information content (AvgIpc) is 2.46. The summed E-state index contributed by atoms with van der Waals surface area (Å²) in [6.45, 7) is 14.6. The monoisotopic (exact) mass is 307 g/mol. The van der Waals surface area contributed by atoms with Crippen LogP contribution in [0, 0.1) is 13.8 Å². The first kappa shape index (κ1) is 19.1. The van der Waals surface area contributed by atoms with E-state index in [1.54, 1.807) is 0 Å². The second-order valence-electron chi connectivity index (χ2n) is 6.65. The highest BCUT2D eigenvalue weighted by Crippen LogP contribution is 2.16. The van der Waals surface area contributed by atoms with Crippen LogP contribution in [-0.2, 0) is 11.3 Å². The Morgan fingerprint density at radius 2 is 1.86 bits per heavy atom. The van der Waals surface area contributed by atoms with Crippen LogP contribution in [0.1, 0.15) is 50.8 Å². The second kappa shape index (κ2) is 9.29. The lowest BCUT2D eigenvalue weighted by Gasteiger charge is -2.31. The zero-order chi connectivity index (χ0) is 16.7. The van der Waals surface area contributed by atoms with Crippen molar-refractivity contribution >= 4 is 0 Å². The van der Waals surface area contributed by atoms with Gasteiger partial charge in [-0.25, -0.2) is 0 Å². The van der Waals surface area contributed by atoms with Crippen LogP contribution in [0.15, 0.2) is 18.2 Å². The van der Waals surface area contributed by atoms with Crippen LogP contribution in [0.2, 0.25) is 0 Å².